The summed E-state index contributed by atoms with van der Waals surface area (Å²) in [6.07, 6.45) is 2.04. The molecule has 2 saturated heterocycles. The third kappa shape index (κ3) is 5.41. The third-order valence-electron chi connectivity index (χ3n) is 7.17. The Bertz CT molecular complexity index is 1180. The smallest absolute Gasteiger partial charge is 0.257 e. The van der Waals surface area contributed by atoms with Crippen LogP contribution in [0.5, 0.6) is 5.88 Å². The van der Waals surface area contributed by atoms with Crippen LogP contribution in [0.1, 0.15) is 22.3 Å². The maximum absolute atomic E-state index is 14.0. The standard InChI is InChI=1S/C26H30ClN5O5/c1-36-16-23(33)30-9-10-32-19(14-30)15-37-25-20(6-4-8-28-25)24(34)29-18-11-22(26(32)35)31(13-18)12-17-5-2-3-7-21(17)27/h2-8,18-19,22H,9-16H2,1H3,(H,29,34)/t18-,19+,22+/m1/s1. The molecule has 0 saturated carbocycles. The summed E-state index contributed by atoms with van der Waals surface area (Å²) >= 11 is 6.44. The number of rotatable bonds is 4. The van der Waals surface area contributed by atoms with Gasteiger partial charge in [-0.2, -0.15) is 0 Å². The Hall–Kier alpha value is -3.21. The van der Waals surface area contributed by atoms with Gasteiger partial charge in [-0.05, 0) is 30.2 Å². The predicted octanol–water partition coefficient (Wildman–Crippen LogP) is 1.19. The fourth-order valence-electron chi connectivity index (χ4n) is 5.32. The molecule has 196 valence electrons. The summed E-state index contributed by atoms with van der Waals surface area (Å²) in [6, 6.07) is 9.85. The van der Waals surface area contributed by atoms with Crippen LogP contribution in [0.15, 0.2) is 42.6 Å². The van der Waals surface area contributed by atoms with Crippen LogP contribution in [0.2, 0.25) is 5.02 Å². The molecular weight excluding hydrogens is 498 g/mol. The number of amides is 3. The minimum absolute atomic E-state index is 0.0258. The first kappa shape index (κ1) is 25.4. The molecule has 11 heteroatoms. The van der Waals surface area contributed by atoms with Crippen molar-refractivity contribution in [1.82, 2.24) is 25.0 Å². The molecule has 10 nitrogen and oxygen atoms in total. The normalized spacial score (nSPS) is 24.3. The molecule has 2 bridgehead atoms. The molecule has 3 atom stereocenters. The van der Waals surface area contributed by atoms with Gasteiger partial charge in [-0.25, -0.2) is 4.98 Å². The molecule has 1 N–H and O–H groups in total. The first-order valence-electron chi connectivity index (χ1n) is 12.4. The van der Waals surface area contributed by atoms with Crippen molar-refractivity contribution < 1.29 is 23.9 Å². The van der Waals surface area contributed by atoms with Crippen molar-refractivity contribution in [3.8, 4) is 5.88 Å². The van der Waals surface area contributed by atoms with Crippen LogP contribution in [-0.2, 0) is 20.9 Å². The maximum Gasteiger partial charge on any atom is 0.257 e. The average molecular weight is 528 g/mol. The van der Waals surface area contributed by atoms with Crippen LogP contribution in [0.25, 0.3) is 0 Å². The maximum atomic E-state index is 14.0. The number of halogens is 1. The number of carbonyl (C=O) groups is 3. The highest BCUT2D eigenvalue weighted by atomic mass is 35.5. The van der Waals surface area contributed by atoms with E-state index in [4.69, 9.17) is 21.1 Å². The molecule has 3 aliphatic heterocycles. The van der Waals surface area contributed by atoms with Crippen LogP contribution < -0.4 is 10.1 Å². The zero-order valence-electron chi connectivity index (χ0n) is 20.6. The number of likely N-dealkylation sites (tertiary alicyclic amines) is 1. The van der Waals surface area contributed by atoms with E-state index in [1.165, 1.54) is 7.11 Å². The molecule has 4 heterocycles. The Morgan fingerprint density at radius 1 is 1.19 bits per heavy atom. The van der Waals surface area contributed by atoms with Crippen molar-refractivity contribution in [1.29, 1.82) is 0 Å². The van der Waals surface area contributed by atoms with Crippen molar-refractivity contribution in [2.45, 2.75) is 31.1 Å². The fourth-order valence-corrected chi connectivity index (χ4v) is 5.52. The highest BCUT2D eigenvalue weighted by molar-refractivity contribution is 6.31. The van der Waals surface area contributed by atoms with Gasteiger partial charge in [0.1, 0.15) is 18.8 Å². The van der Waals surface area contributed by atoms with Gasteiger partial charge in [0, 0.05) is 57.1 Å². The van der Waals surface area contributed by atoms with E-state index in [1.54, 1.807) is 23.2 Å². The number of ether oxygens (including phenoxy) is 2. The minimum atomic E-state index is -0.446. The number of aromatic nitrogens is 1. The van der Waals surface area contributed by atoms with Gasteiger partial charge in [0.05, 0.1) is 12.1 Å². The summed E-state index contributed by atoms with van der Waals surface area (Å²) in [5, 5.41) is 3.71. The summed E-state index contributed by atoms with van der Waals surface area (Å²) in [5.41, 5.74) is 1.26. The molecule has 2 aromatic rings. The SMILES string of the molecule is COCC(=O)N1CCN2C(=O)[C@@H]3C[C@H](CN3Cc3ccccc3Cl)NC(=O)c3cccnc3OC[C@@H]2C1. The summed E-state index contributed by atoms with van der Waals surface area (Å²) in [6.45, 7) is 2.15. The largest absolute Gasteiger partial charge is 0.475 e. The molecule has 3 amide bonds. The second-order valence-electron chi connectivity index (χ2n) is 9.57. The molecule has 0 unspecified atom stereocenters. The number of nitrogens with one attached hydrogen (secondary N) is 1. The van der Waals surface area contributed by atoms with Gasteiger partial charge in [0.2, 0.25) is 17.7 Å². The first-order valence-corrected chi connectivity index (χ1v) is 12.8. The Balaban J connectivity index is 1.47. The van der Waals surface area contributed by atoms with Gasteiger partial charge >= 0.3 is 0 Å². The van der Waals surface area contributed by atoms with E-state index in [1.807, 2.05) is 29.2 Å². The van der Waals surface area contributed by atoms with E-state index in [2.05, 4.69) is 15.2 Å². The van der Waals surface area contributed by atoms with Gasteiger partial charge in [-0.15, -0.1) is 0 Å². The summed E-state index contributed by atoms with van der Waals surface area (Å²) < 4.78 is 11.0. The molecule has 1 aromatic carbocycles. The lowest BCUT2D eigenvalue weighted by Gasteiger charge is -2.43. The van der Waals surface area contributed by atoms with Crippen molar-refractivity contribution >= 4 is 29.3 Å². The molecular formula is C26H30ClN5O5. The second-order valence-corrected chi connectivity index (χ2v) is 9.98. The molecule has 1 aromatic heterocycles. The fraction of sp³-hybridized carbons (Fsp3) is 0.462. The second kappa shape index (κ2) is 11.0. The van der Waals surface area contributed by atoms with Gasteiger partial charge in [0.25, 0.3) is 5.91 Å². The summed E-state index contributed by atoms with van der Waals surface area (Å²) in [4.78, 5) is 49.6. The van der Waals surface area contributed by atoms with Gasteiger partial charge in [-0.3, -0.25) is 19.3 Å². The van der Waals surface area contributed by atoms with E-state index in [-0.39, 0.29) is 42.9 Å². The van der Waals surface area contributed by atoms with Gasteiger partial charge < -0.3 is 24.6 Å². The number of methoxy groups -OCH3 is 1. The van der Waals surface area contributed by atoms with E-state index in [0.717, 1.165) is 5.56 Å². The first-order chi connectivity index (χ1) is 17.9. The zero-order valence-corrected chi connectivity index (χ0v) is 21.4. The lowest BCUT2D eigenvalue weighted by atomic mass is 10.1. The molecule has 0 radical (unpaired) electrons. The quantitative estimate of drug-likeness (QED) is 0.637. The molecule has 37 heavy (non-hydrogen) atoms. The molecule has 2 fully saturated rings. The Kier molecular flexibility index (Phi) is 7.59. The number of fused-ring (bicyclic) bond motifs is 4. The van der Waals surface area contributed by atoms with Crippen molar-refractivity contribution in [2.75, 3.05) is 46.5 Å². The number of hydrogen-bond donors (Lipinski definition) is 1. The van der Waals surface area contributed by atoms with E-state index >= 15 is 0 Å². The van der Waals surface area contributed by atoms with Crippen LogP contribution in [0.3, 0.4) is 0 Å². The highest BCUT2D eigenvalue weighted by Crippen LogP contribution is 2.28. The Labute approximate surface area is 220 Å². The van der Waals surface area contributed by atoms with Crippen LogP contribution in [-0.4, -0.2) is 102 Å². The topological polar surface area (TPSA) is 104 Å². The van der Waals surface area contributed by atoms with Crippen LogP contribution in [0, 0.1) is 0 Å². The number of carbonyl (C=O) groups excluding carboxylic acids is 3. The summed E-state index contributed by atoms with van der Waals surface area (Å²) in [7, 11) is 1.48. The highest BCUT2D eigenvalue weighted by Gasteiger charge is 2.43. The number of pyridine rings is 1. The van der Waals surface area contributed by atoms with E-state index in [9.17, 15) is 14.4 Å². The van der Waals surface area contributed by atoms with Gasteiger partial charge in [-0.1, -0.05) is 29.8 Å². The Morgan fingerprint density at radius 3 is 2.84 bits per heavy atom. The Morgan fingerprint density at radius 2 is 2.03 bits per heavy atom. The third-order valence-corrected chi connectivity index (χ3v) is 7.54. The number of benzene rings is 1. The van der Waals surface area contributed by atoms with Crippen LogP contribution in [0.4, 0.5) is 0 Å². The number of hydrogen-bond acceptors (Lipinski definition) is 7. The molecule has 0 aliphatic carbocycles. The number of nitrogens with zero attached hydrogens (tertiary/aromatic N) is 4. The number of piperazine rings is 1. The van der Waals surface area contributed by atoms with Crippen LogP contribution >= 0.6 is 11.6 Å². The van der Waals surface area contributed by atoms with Gasteiger partial charge in [0.15, 0.2) is 0 Å². The monoisotopic (exact) mass is 527 g/mol. The zero-order chi connectivity index (χ0) is 25.9. The molecule has 0 spiro atoms. The lowest BCUT2D eigenvalue weighted by molar-refractivity contribution is -0.148. The van der Waals surface area contributed by atoms with Crippen molar-refractivity contribution in [3.05, 3.63) is 58.7 Å². The van der Waals surface area contributed by atoms with E-state index in [0.29, 0.717) is 49.7 Å². The van der Waals surface area contributed by atoms with E-state index < -0.39 is 12.1 Å². The minimum Gasteiger partial charge on any atom is -0.475 e. The summed E-state index contributed by atoms with van der Waals surface area (Å²) in [5.74, 6) is -0.273. The van der Waals surface area contributed by atoms with Crippen molar-refractivity contribution in [2.24, 2.45) is 0 Å². The predicted molar refractivity (Wildman–Crippen MR) is 135 cm³/mol. The van der Waals surface area contributed by atoms with Crippen molar-refractivity contribution in [3.63, 3.8) is 0 Å². The lowest BCUT2D eigenvalue weighted by Crippen LogP contribution is -2.61. The molecule has 3 aliphatic rings. The average Bonchev–Trinajstić information content (AvgIpc) is 3.30. The molecule has 5 rings (SSSR count).